The van der Waals surface area contributed by atoms with Crippen molar-refractivity contribution in [3.05, 3.63) is 46.4 Å². The number of nitrogens with one attached hydrogen (secondary N) is 4. The highest BCUT2D eigenvalue weighted by Crippen LogP contribution is 2.23. The molecule has 166 valence electrons. The van der Waals surface area contributed by atoms with Crippen molar-refractivity contribution in [3.8, 4) is 0 Å². The number of fused-ring (bicyclic) bond motifs is 2. The average molecular weight is 509 g/mol. The number of benzene rings is 2. The first-order valence-corrected chi connectivity index (χ1v) is 12.3. The third kappa shape index (κ3) is 6.10. The van der Waals surface area contributed by atoms with Gasteiger partial charge in [0.15, 0.2) is 10.3 Å². The van der Waals surface area contributed by atoms with Gasteiger partial charge in [-0.15, -0.1) is 0 Å². The minimum atomic E-state index is -0.141. The lowest BCUT2D eigenvalue weighted by Crippen LogP contribution is -2.36. The minimum Gasteiger partial charge on any atom is -0.354 e. The molecule has 0 fully saturated rings. The number of H-pyrrole nitrogens is 2. The molecule has 2 amide bonds. The zero-order valence-corrected chi connectivity index (χ0v) is 19.7. The standard InChI is InChI=1S/C20H18Cl2N6O2S2/c21-11-1-3-13-15(7-11)27-19(25-13)31-9-17(29)23-5-6-24-18(30)10-32-20-26-14-4-2-12(22)8-16(14)28-20/h1-4,7-8H,5-6,9-10H2,(H,23,29)(H,24,30)(H,25,27)(H,26,28). The largest absolute Gasteiger partial charge is 0.354 e. The van der Waals surface area contributed by atoms with Gasteiger partial charge in [-0.2, -0.15) is 0 Å². The number of thioether (sulfide) groups is 2. The molecule has 32 heavy (non-hydrogen) atoms. The van der Waals surface area contributed by atoms with Gasteiger partial charge in [0.25, 0.3) is 0 Å². The molecule has 2 aromatic heterocycles. The Hall–Kier alpha value is -2.40. The molecule has 12 heteroatoms. The van der Waals surface area contributed by atoms with Gasteiger partial charge < -0.3 is 20.6 Å². The summed E-state index contributed by atoms with van der Waals surface area (Å²) in [6, 6.07) is 10.8. The molecule has 0 aliphatic heterocycles. The van der Waals surface area contributed by atoms with Gasteiger partial charge in [-0.05, 0) is 36.4 Å². The lowest BCUT2D eigenvalue weighted by molar-refractivity contribution is -0.120. The SMILES string of the molecule is O=C(CSc1nc2ccc(Cl)cc2[nH]1)NCCNC(=O)CSc1nc2ccc(Cl)cc2[nH]1. The van der Waals surface area contributed by atoms with Crippen molar-refractivity contribution >= 4 is 80.6 Å². The van der Waals surface area contributed by atoms with Crippen LogP contribution in [0.3, 0.4) is 0 Å². The molecule has 0 saturated heterocycles. The first-order chi connectivity index (χ1) is 15.5. The van der Waals surface area contributed by atoms with E-state index in [1.54, 1.807) is 24.3 Å². The summed E-state index contributed by atoms with van der Waals surface area (Å²) in [7, 11) is 0. The maximum atomic E-state index is 12.0. The summed E-state index contributed by atoms with van der Waals surface area (Å²) in [6.45, 7) is 0.684. The lowest BCUT2D eigenvalue weighted by atomic mass is 10.3. The number of imidazole rings is 2. The summed E-state index contributed by atoms with van der Waals surface area (Å²) in [5.74, 6) is 0.150. The number of carbonyl (C=O) groups excluding carboxylic acids is 2. The van der Waals surface area contributed by atoms with Crippen LogP contribution in [0.25, 0.3) is 22.1 Å². The molecule has 0 bridgehead atoms. The lowest BCUT2D eigenvalue weighted by Gasteiger charge is -2.06. The molecule has 0 unspecified atom stereocenters. The highest BCUT2D eigenvalue weighted by atomic mass is 35.5. The van der Waals surface area contributed by atoms with Gasteiger partial charge in [0, 0.05) is 23.1 Å². The van der Waals surface area contributed by atoms with E-state index in [0.29, 0.717) is 33.4 Å². The number of carbonyl (C=O) groups is 2. The summed E-state index contributed by atoms with van der Waals surface area (Å²) >= 11 is 14.5. The second-order valence-electron chi connectivity index (χ2n) is 6.68. The average Bonchev–Trinajstić information content (AvgIpc) is 3.36. The number of aromatic amines is 2. The van der Waals surface area contributed by atoms with E-state index in [0.717, 1.165) is 22.1 Å². The van der Waals surface area contributed by atoms with Crippen LogP contribution < -0.4 is 10.6 Å². The van der Waals surface area contributed by atoms with Crippen molar-refractivity contribution in [2.45, 2.75) is 10.3 Å². The normalized spacial score (nSPS) is 11.2. The smallest absolute Gasteiger partial charge is 0.230 e. The van der Waals surface area contributed by atoms with Crippen LogP contribution in [0.15, 0.2) is 46.7 Å². The van der Waals surface area contributed by atoms with E-state index < -0.39 is 0 Å². The summed E-state index contributed by atoms with van der Waals surface area (Å²) < 4.78 is 0. The fourth-order valence-electron chi connectivity index (χ4n) is 2.83. The summed E-state index contributed by atoms with van der Waals surface area (Å²) in [4.78, 5) is 39.1. The van der Waals surface area contributed by atoms with Crippen LogP contribution in [0, 0.1) is 0 Å². The van der Waals surface area contributed by atoms with Crippen molar-refractivity contribution in [2.75, 3.05) is 24.6 Å². The Morgan fingerprint density at radius 2 is 1.22 bits per heavy atom. The number of aromatic nitrogens is 4. The van der Waals surface area contributed by atoms with Crippen LogP contribution in [-0.4, -0.2) is 56.3 Å². The Bertz CT molecular complexity index is 1180. The Kier molecular flexibility index (Phi) is 7.46. The third-order valence-electron chi connectivity index (χ3n) is 4.29. The number of rotatable bonds is 9. The van der Waals surface area contributed by atoms with Gasteiger partial charge in [-0.25, -0.2) is 9.97 Å². The van der Waals surface area contributed by atoms with E-state index in [4.69, 9.17) is 23.2 Å². The van der Waals surface area contributed by atoms with Gasteiger partial charge >= 0.3 is 0 Å². The molecule has 2 aromatic carbocycles. The zero-order valence-electron chi connectivity index (χ0n) is 16.6. The molecule has 4 rings (SSSR count). The van der Waals surface area contributed by atoms with Crippen LogP contribution in [0.5, 0.6) is 0 Å². The number of amides is 2. The Labute approximate surface area is 201 Å². The molecule has 0 spiro atoms. The molecule has 0 atom stereocenters. The molecular formula is C20H18Cl2N6O2S2. The van der Waals surface area contributed by atoms with Crippen LogP contribution >= 0.6 is 46.7 Å². The van der Waals surface area contributed by atoms with E-state index in [2.05, 4.69) is 30.6 Å². The van der Waals surface area contributed by atoms with E-state index >= 15 is 0 Å². The van der Waals surface area contributed by atoms with Crippen molar-refractivity contribution in [1.29, 1.82) is 0 Å². The summed E-state index contributed by atoms with van der Waals surface area (Å²) in [6.07, 6.45) is 0. The minimum absolute atomic E-state index is 0.141. The molecule has 0 aliphatic rings. The highest BCUT2D eigenvalue weighted by molar-refractivity contribution is 8.00. The molecular weight excluding hydrogens is 491 g/mol. The number of nitrogens with zero attached hydrogens (tertiary/aromatic N) is 2. The molecule has 0 radical (unpaired) electrons. The molecule has 4 N–H and O–H groups in total. The maximum absolute atomic E-state index is 12.0. The van der Waals surface area contributed by atoms with Gasteiger partial charge in [-0.1, -0.05) is 46.7 Å². The Balaban J connectivity index is 1.12. The van der Waals surface area contributed by atoms with E-state index in [1.807, 2.05) is 12.1 Å². The van der Waals surface area contributed by atoms with Crippen LogP contribution in [-0.2, 0) is 9.59 Å². The topological polar surface area (TPSA) is 116 Å². The summed E-state index contributed by atoms with van der Waals surface area (Å²) in [5, 5.41) is 8.09. The maximum Gasteiger partial charge on any atom is 0.230 e. The van der Waals surface area contributed by atoms with Crippen LogP contribution in [0.1, 0.15) is 0 Å². The fraction of sp³-hybridized carbons (Fsp3) is 0.200. The third-order valence-corrected chi connectivity index (χ3v) is 6.51. The zero-order chi connectivity index (χ0) is 22.5. The predicted octanol–water partition coefficient (Wildman–Crippen LogP) is 3.86. The molecule has 0 aliphatic carbocycles. The first-order valence-electron chi connectivity index (χ1n) is 9.56. The van der Waals surface area contributed by atoms with Crippen molar-refractivity contribution < 1.29 is 9.59 Å². The number of hydrogen-bond acceptors (Lipinski definition) is 6. The second-order valence-corrected chi connectivity index (χ2v) is 9.49. The highest BCUT2D eigenvalue weighted by Gasteiger charge is 2.09. The van der Waals surface area contributed by atoms with Crippen molar-refractivity contribution in [1.82, 2.24) is 30.6 Å². The van der Waals surface area contributed by atoms with Gasteiger partial charge in [0.05, 0.1) is 33.6 Å². The summed E-state index contributed by atoms with van der Waals surface area (Å²) in [5.41, 5.74) is 3.24. The Morgan fingerprint density at radius 1 is 0.781 bits per heavy atom. The van der Waals surface area contributed by atoms with Crippen LogP contribution in [0.2, 0.25) is 10.0 Å². The molecule has 0 saturated carbocycles. The number of hydrogen-bond donors (Lipinski definition) is 4. The monoisotopic (exact) mass is 508 g/mol. The van der Waals surface area contributed by atoms with E-state index in [9.17, 15) is 9.59 Å². The molecule has 2 heterocycles. The quantitative estimate of drug-likeness (QED) is 0.201. The molecule has 4 aromatic rings. The van der Waals surface area contributed by atoms with Gasteiger partial charge in [0.2, 0.25) is 11.8 Å². The first kappa shape index (κ1) is 22.8. The van der Waals surface area contributed by atoms with Crippen molar-refractivity contribution in [2.24, 2.45) is 0 Å². The Morgan fingerprint density at radius 3 is 1.66 bits per heavy atom. The van der Waals surface area contributed by atoms with Gasteiger partial charge in [0.1, 0.15) is 0 Å². The van der Waals surface area contributed by atoms with E-state index in [1.165, 1.54) is 23.5 Å². The predicted molar refractivity (Wildman–Crippen MR) is 130 cm³/mol. The fourth-order valence-corrected chi connectivity index (χ4v) is 4.60. The van der Waals surface area contributed by atoms with Crippen molar-refractivity contribution in [3.63, 3.8) is 0 Å². The van der Waals surface area contributed by atoms with E-state index in [-0.39, 0.29) is 23.3 Å². The van der Waals surface area contributed by atoms with Crippen LogP contribution in [0.4, 0.5) is 0 Å². The number of halogens is 2. The second kappa shape index (κ2) is 10.5. The molecule has 8 nitrogen and oxygen atoms in total. The van der Waals surface area contributed by atoms with Gasteiger partial charge in [-0.3, -0.25) is 9.59 Å².